The number of imide groups is 1. The van der Waals surface area contributed by atoms with Crippen molar-refractivity contribution in [3.05, 3.63) is 23.8 Å². The zero-order chi connectivity index (χ0) is 14.7. The molecule has 1 aromatic carbocycles. The number of nitrogens with zero attached hydrogens (tertiary/aromatic N) is 1. The van der Waals surface area contributed by atoms with Crippen molar-refractivity contribution in [3.63, 3.8) is 0 Å². The Labute approximate surface area is 116 Å². The summed E-state index contributed by atoms with van der Waals surface area (Å²) < 4.78 is 5.15. The number of likely N-dealkylation sites (tertiary alicyclic amines) is 1. The highest BCUT2D eigenvalue weighted by Gasteiger charge is 2.30. The van der Waals surface area contributed by atoms with Crippen LogP contribution in [0.4, 0.5) is 5.69 Å². The summed E-state index contributed by atoms with van der Waals surface area (Å²) in [5.41, 5.74) is 1.49. The summed E-state index contributed by atoms with van der Waals surface area (Å²) in [5.74, 6) is -0.497. The minimum Gasteiger partial charge on any atom is -0.495 e. The van der Waals surface area contributed by atoms with Crippen LogP contribution in [0.2, 0.25) is 0 Å². The fraction of sp³-hybridized carbons (Fsp3) is 0.357. The molecule has 0 saturated carbocycles. The Morgan fingerprint density at radius 2 is 1.95 bits per heavy atom. The average Bonchev–Trinajstić information content (AvgIpc) is 2.71. The fourth-order valence-electron chi connectivity index (χ4n) is 2.05. The van der Waals surface area contributed by atoms with Crippen LogP contribution in [0.1, 0.15) is 18.4 Å². The number of amides is 3. The summed E-state index contributed by atoms with van der Waals surface area (Å²) in [6, 6.07) is 5.38. The van der Waals surface area contributed by atoms with E-state index < -0.39 is 5.91 Å². The first-order valence-corrected chi connectivity index (χ1v) is 6.29. The smallest absolute Gasteiger partial charge is 0.244 e. The summed E-state index contributed by atoms with van der Waals surface area (Å²) in [7, 11) is 1.51. The molecule has 6 nitrogen and oxygen atoms in total. The lowest BCUT2D eigenvalue weighted by atomic mass is 10.2. The molecule has 20 heavy (non-hydrogen) atoms. The van der Waals surface area contributed by atoms with Gasteiger partial charge in [-0.1, -0.05) is 6.07 Å². The zero-order valence-electron chi connectivity index (χ0n) is 11.4. The van der Waals surface area contributed by atoms with Crippen LogP contribution in [0, 0.1) is 6.92 Å². The molecule has 1 N–H and O–H groups in total. The van der Waals surface area contributed by atoms with E-state index >= 15 is 0 Å². The van der Waals surface area contributed by atoms with Crippen molar-refractivity contribution in [2.24, 2.45) is 0 Å². The van der Waals surface area contributed by atoms with E-state index in [9.17, 15) is 14.4 Å². The van der Waals surface area contributed by atoms with Crippen LogP contribution < -0.4 is 10.1 Å². The molecule has 0 atom stereocenters. The maximum Gasteiger partial charge on any atom is 0.244 e. The second-order valence-corrected chi connectivity index (χ2v) is 4.63. The topological polar surface area (TPSA) is 75.7 Å². The second kappa shape index (κ2) is 5.73. The fourth-order valence-corrected chi connectivity index (χ4v) is 2.05. The van der Waals surface area contributed by atoms with Crippen LogP contribution in [0.5, 0.6) is 5.75 Å². The van der Waals surface area contributed by atoms with E-state index in [-0.39, 0.29) is 31.2 Å². The van der Waals surface area contributed by atoms with Crippen molar-refractivity contribution in [2.75, 3.05) is 19.0 Å². The van der Waals surface area contributed by atoms with E-state index in [1.807, 2.05) is 13.0 Å². The monoisotopic (exact) mass is 276 g/mol. The number of rotatable bonds is 4. The van der Waals surface area contributed by atoms with Gasteiger partial charge in [-0.3, -0.25) is 19.3 Å². The Bertz CT molecular complexity index is 552. The lowest BCUT2D eigenvalue weighted by molar-refractivity contribution is -0.141. The van der Waals surface area contributed by atoms with Crippen molar-refractivity contribution >= 4 is 23.4 Å². The van der Waals surface area contributed by atoms with Gasteiger partial charge >= 0.3 is 0 Å². The molecule has 1 aromatic rings. The largest absolute Gasteiger partial charge is 0.495 e. The number of hydrogen-bond donors (Lipinski definition) is 1. The predicted octanol–water partition coefficient (Wildman–Crippen LogP) is 1.09. The van der Waals surface area contributed by atoms with Crippen molar-refractivity contribution in [1.82, 2.24) is 4.90 Å². The van der Waals surface area contributed by atoms with Gasteiger partial charge in [0.1, 0.15) is 12.3 Å². The number of anilines is 1. The van der Waals surface area contributed by atoms with Crippen LogP contribution >= 0.6 is 0 Å². The van der Waals surface area contributed by atoms with Crippen molar-refractivity contribution in [1.29, 1.82) is 0 Å². The molecule has 1 aliphatic heterocycles. The number of aryl methyl sites for hydroxylation is 1. The highest BCUT2D eigenvalue weighted by Crippen LogP contribution is 2.25. The van der Waals surface area contributed by atoms with E-state index in [0.29, 0.717) is 11.4 Å². The first kappa shape index (κ1) is 14.0. The van der Waals surface area contributed by atoms with Gasteiger partial charge in [-0.2, -0.15) is 0 Å². The molecule has 0 bridgehead atoms. The van der Waals surface area contributed by atoms with E-state index in [2.05, 4.69) is 5.32 Å². The molecule has 106 valence electrons. The molecule has 2 rings (SSSR count). The molecule has 0 radical (unpaired) electrons. The van der Waals surface area contributed by atoms with Gasteiger partial charge in [-0.15, -0.1) is 0 Å². The SMILES string of the molecule is COc1ccc(C)cc1NC(=O)CN1C(=O)CCC1=O. The molecule has 0 unspecified atom stereocenters. The number of benzene rings is 1. The third-order valence-electron chi connectivity index (χ3n) is 3.09. The number of carbonyl (C=O) groups excluding carboxylic acids is 3. The lowest BCUT2D eigenvalue weighted by Crippen LogP contribution is -2.36. The maximum absolute atomic E-state index is 11.9. The third kappa shape index (κ3) is 2.96. The molecular formula is C14H16N2O4. The van der Waals surface area contributed by atoms with Crippen molar-refractivity contribution in [3.8, 4) is 5.75 Å². The highest BCUT2D eigenvalue weighted by molar-refractivity contribution is 6.06. The van der Waals surface area contributed by atoms with Gasteiger partial charge in [-0.25, -0.2) is 0 Å². The Morgan fingerprint density at radius 3 is 2.55 bits per heavy atom. The van der Waals surface area contributed by atoms with Crippen LogP contribution in [0.15, 0.2) is 18.2 Å². The molecule has 0 aromatic heterocycles. The number of methoxy groups -OCH3 is 1. The summed E-state index contributed by atoms with van der Waals surface area (Å²) in [6.45, 7) is 1.64. The van der Waals surface area contributed by atoms with Gasteiger partial charge in [0.15, 0.2) is 0 Å². The van der Waals surface area contributed by atoms with Gasteiger partial charge in [0.05, 0.1) is 12.8 Å². The Hall–Kier alpha value is -2.37. The zero-order valence-corrected chi connectivity index (χ0v) is 11.4. The lowest BCUT2D eigenvalue weighted by Gasteiger charge is -2.15. The van der Waals surface area contributed by atoms with E-state index in [0.717, 1.165) is 10.5 Å². The summed E-state index contributed by atoms with van der Waals surface area (Å²) in [5, 5.41) is 2.66. The van der Waals surface area contributed by atoms with Crippen LogP contribution in [0.3, 0.4) is 0 Å². The first-order valence-electron chi connectivity index (χ1n) is 6.29. The molecular weight excluding hydrogens is 260 g/mol. The number of nitrogens with one attached hydrogen (secondary N) is 1. The minimum absolute atomic E-state index is 0.180. The van der Waals surface area contributed by atoms with Crippen LogP contribution in [-0.4, -0.2) is 36.3 Å². The van der Waals surface area contributed by atoms with Gasteiger partial charge < -0.3 is 10.1 Å². The molecule has 0 aliphatic carbocycles. The Balaban J connectivity index is 2.06. The van der Waals surface area contributed by atoms with Gasteiger partial charge in [0, 0.05) is 12.8 Å². The molecule has 1 heterocycles. The van der Waals surface area contributed by atoms with Gasteiger partial charge in [-0.05, 0) is 24.6 Å². The van der Waals surface area contributed by atoms with E-state index in [1.54, 1.807) is 12.1 Å². The average molecular weight is 276 g/mol. The number of ether oxygens (including phenoxy) is 1. The number of hydrogen-bond acceptors (Lipinski definition) is 4. The molecule has 1 aliphatic rings. The number of carbonyl (C=O) groups is 3. The standard InChI is InChI=1S/C14H16N2O4/c1-9-3-4-11(20-2)10(7-9)15-12(17)8-16-13(18)5-6-14(16)19/h3-4,7H,5-6,8H2,1-2H3,(H,15,17). The molecule has 3 amide bonds. The first-order chi connectivity index (χ1) is 9.51. The molecule has 1 saturated heterocycles. The minimum atomic E-state index is -0.419. The Morgan fingerprint density at radius 1 is 1.30 bits per heavy atom. The summed E-state index contributed by atoms with van der Waals surface area (Å²) in [6.07, 6.45) is 0.361. The predicted molar refractivity (Wildman–Crippen MR) is 72.3 cm³/mol. The molecule has 6 heteroatoms. The van der Waals surface area contributed by atoms with Crippen LogP contribution in [0.25, 0.3) is 0 Å². The van der Waals surface area contributed by atoms with Crippen molar-refractivity contribution < 1.29 is 19.1 Å². The quantitative estimate of drug-likeness (QED) is 0.835. The third-order valence-corrected chi connectivity index (χ3v) is 3.09. The maximum atomic E-state index is 11.9. The molecule has 1 fully saturated rings. The van der Waals surface area contributed by atoms with Crippen molar-refractivity contribution in [2.45, 2.75) is 19.8 Å². The van der Waals surface area contributed by atoms with Gasteiger partial charge in [0.25, 0.3) is 0 Å². The molecule has 0 spiro atoms. The summed E-state index contributed by atoms with van der Waals surface area (Å²) >= 11 is 0. The van der Waals surface area contributed by atoms with Gasteiger partial charge in [0.2, 0.25) is 17.7 Å². The highest BCUT2D eigenvalue weighted by atomic mass is 16.5. The summed E-state index contributed by atoms with van der Waals surface area (Å²) in [4.78, 5) is 35.8. The second-order valence-electron chi connectivity index (χ2n) is 4.63. The van der Waals surface area contributed by atoms with E-state index in [4.69, 9.17) is 4.74 Å². The van der Waals surface area contributed by atoms with Crippen LogP contribution in [-0.2, 0) is 14.4 Å². The Kier molecular flexibility index (Phi) is 4.02. The normalized spacial score (nSPS) is 14.6. The van der Waals surface area contributed by atoms with E-state index in [1.165, 1.54) is 7.11 Å².